The van der Waals surface area contributed by atoms with Crippen LogP contribution in [0.3, 0.4) is 0 Å². The van der Waals surface area contributed by atoms with Crippen molar-refractivity contribution < 1.29 is 4.79 Å². The van der Waals surface area contributed by atoms with E-state index in [2.05, 4.69) is 19.0 Å². The largest absolute Gasteiger partial charge is 0.297 e. The Morgan fingerprint density at radius 3 is 2.14 bits per heavy atom. The highest BCUT2D eigenvalue weighted by Crippen LogP contribution is 2.41. The summed E-state index contributed by atoms with van der Waals surface area (Å²) in [5.74, 6) is 0.956. The first-order valence-corrected chi connectivity index (χ1v) is 5.88. The third kappa shape index (κ3) is 1.60. The molecule has 2 saturated carbocycles. The second-order valence-corrected chi connectivity index (χ2v) is 5.13. The minimum Gasteiger partial charge on any atom is -0.297 e. The number of nitrogens with zero attached hydrogens (tertiary/aromatic N) is 1. The molecule has 2 heteroatoms. The van der Waals surface area contributed by atoms with Crippen LogP contribution in [0.1, 0.15) is 44.9 Å². The van der Waals surface area contributed by atoms with Crippen molar-refractivity contribution in [2.45, 2.75) is 50.5 Å². The molecule has 2 fully saturated rings. The highest BCUT2D eigenvalue weighted by Gasteiger charge is 2.47. The molecule has 0 aromatic carbocycles. The Kier molecular flexibility index (Phi) is 2.65. The Morgan fingerprint density at radius 1 is 1.14 bits per heavy atom. The Bertz CT molecular complexity index is 224. The molecule has 2 aliphatic rings. The Balaban J connectivity index is 2.14. The van der Waals surface area contributed by atoms with Gasteiger partial charge in [0.15, 0.2) is 5.78 Å². The van der Waals surface area contributed by atoms with Gasteiger partial charge >= 0.3 is 0 Å². The van der Waals surface area contributed by atoms with Crippen LogP contribution in [0.15, 0.2) is 0 Å². The molecule has 0 unspecified atom stereocenters. The Hall–Kier alpha value is -0.370. The smallest absolute Gasteiger partial charge is 0.156 e. The molecule has 0 spiro atoms. The third-order valence-electron chi connectivity index (χ3n) is 3.94. The first-order valence-electron chi connectivity index (χ1n) is 5.88. The number of likely N-dealkylation sites (N-methyl/N-ethyl adjacent to an activating group) is 1. The SMILES string of the molecule is CN(C)C1(C(=O)C2CC2)CCCCC1. The van der Waals surface area contributed by atoms with Crippen LogP contribution in [0.2, 0.25) is 0 Å². The number of rotatable bonds is 3. The summed E-state index contributed by atoms with van der Waals surface area (Å²) < 4.78 is 0. The number of carbonyl (C=O) groups excluding carboxylic acids is 1. The summed E-state index contributed by atoms with van der Waals surface area (Å²) in [5.41, 5.74) is -0.0839. The highest BCUT2D eigenvalue weighted by atomic mass is 16.1. The van der Waals surface area contributed by atoms with Crippen LogP contribution in [0.5, 0.6) is 0 Å². The molecule has 0 saturated heterocycles. The summed E-state index contributed by atoms with van der Waals surface area (Å²) in [4.78, 5) is 14.5. The zero-order valence-corrected chi connectivity index (χ0v) is 9.38. The molecule has 0 heterocycles. The van der Waals surface area contributed by atoms with Crippen LogP contribution in [-0.2, 0) is 4.79 Å². The van der Waals surface area contributed by atoms with Gasteiger partial charge in [-0.15, -0.1) is 0 Å². The summed E-state index contributed by atoms with van der Waals surface area (Å²) in [7, 11) is 4.15. The van der Waals surface area contributed by atoms with Gasteiger partial charge in [0.2, 0.25) is 0 Å². The van der Waals surface area contributed by atoms with E-state index in [9.17, 15) is 4.79 Å². The van der Waals surface area contributed by atoms with Crippen LogP contribution in [-0.4, -0.2) is 30.3 Å². The number of hydrogen-bond acceptors (Lipinski definition) is 2. The summed E-state index contributed by atoms with van der Waals surface area (Å²) in [5, 5.41) is 0. The second kappa shape index (κ2) is 3.65. The molecule has 0 aromatic rings. The van der Waals surface area contributed by atoms with Gasteiger partial charge in [-0.05, 0) is 39.8 Å². The van der Waals surface area contributed by atoms with E-state index in [4.69, 9.17) is 0 Å². The Morgan fingerprint density at radius 2 is 1.71 bits per heavy atom. The van der Waals surface area contributed by atoms with Gasteiger partial charge in [-0.1, -0.05) is 19.3 Å². The van der Waals surface area contributed by atoms with E-state index in [1.807, 2.05) is 0 Å². The number of carbonyl (C=O) groups is 1. The van der Waals surface area contributed by atoms with E-state index >= 15 is 0 Å². The molecule has 80 valence electrons. The average molecular weight is 195 g/mol. The van der Waals surface area contributed by atoms with Crippen molar-refractivity contribution in [2.75, 3.05) is 14.1 Å². The van der Waals surface area contributed by atoms with Gasteiger partial charge in [-0.3, -0.25) is 9.69 Å². The monoisotopic (exact) mass is 195 g/mol. The van der Waals surface area contributed by atoms with Crippen molar-refractivity contribution in [3.8, 4) is 0 Å². The van der Waals surface area contributed by atoms with Gasteiger partial charge < -0.3 is 0 Å². The maximum absolute atomic E-state index is 12.3. The standard InChI is InChI=1S/C12H21NO/c1-13(2)12(8-4-3-5-9-12)11(14)10-6-7-10/h10H,3-9H2,1-2H3. The fraction of sp³-hybridized carbons (Fsp3) is 0.917. The van der Waals surface area contributed by atoms with Gasteiger partial charge in [-0.25, -0.2) is 0 Å². The molecule has 0 radical (unpaired) electrons. The summed E-state index contributed by atoms with van der Waals surface area (Å²) in [6.45, 7) is 0. The highest BCUT2D eigenvalue weighted by molar-refractivity contribution is 5.92. The maximum Gasteiger partial charge on any atom is 0.156 e. The molecule has 2 rings (SSSR count). The van der Waals surface area contributed by atoms with Crippen molar-refractivity contribution in [2.24, 2.45) is 5.92 Å². The van der Waals surface area contributed by atoms with Gasteiger partial charge in [-0.2, -0.15) is 0 Å². The van der Waals surface area contributed by atoms with E-state index in [1.54, 1.807) is 0 Å². The normalized spacial score (nSPS) is 26.5. The maximum atomic E-state index is 12.3. The lowest BCUT2D eigenvalue weighted by Crippen LogP contribution is -2.53. The van der Waals surface area contributed by atoms with Gasteiger partial charge in [0, 0.05) is 5.92 Å². The van der Waals surface area contributed by atoms with Crippen LogP contribution < -0.4 is 0 Å². The zero-order valence-electron chi connectivity index (χ0n) is 9.38. The molecule has 0 bridgehead atoms. The lowest BCUT2D eigenvalue weighted by molar-refractivity contribution is -0.133. The fourth-order valence-corrected chi connectivity index (χ4v) is 2.78. The molecule has 0 aromatic heterocycles. The van der Waals surface area contributed by atoms with Crippen LogP contribution in [0, 0.1) is 5.92 Å². The summed E-state index contributed by atoms with van der Waals surface area (Å²) >= 11 is 0. The molecule has 2 aliphatic carbocycles. The predicted octanol–water partition coefficient (Wildman–Crippen LogP) is 2.23. The van der Waals surface area contributed by atoms with E-state index in [1.165, 1.54) is 19.3 Å². The molecule has 0 aliphatic heterocycles. The number of Topliss-reactive ketones (excluding diaryl/α,β-unsaturated/α-hetero) is 1. The lowest BCUT2D eigenvalue weighted by atomic mass is 9.76. The van der Waals surface area contributed by atoms with Crippen molar-refractivity contribution in [1.29, 1.82) is 0 Å². The zero-order chi connectivity index (χ0) is 10.2. The van der Waals surface area contributed by atoms with E-state index < -0.39 is 0 Å². The quantitative estimate of drug-likeness (QED) is 0.688. The number of hydrogen-bond donors (Lipinski definition) is 0. The van der Waals surface area contributed by atoms with Crippen molar-refractivity contribution in [1.82, 2.24) is 4.90 Å². The van der Waals surface area contributed by atoms with Gasteiger partial charge in [0.05, 0.1) is 5.54 Å². The number of ketones is 1. The van der Waals surface area contributed by atoms with Crippen LogP contribution in [0.25, 0.3) is 0 Å². The predicted molar refractivity (Wildman–Crippen MR) is 57.2 cm³/mol. The van der Waals surface area contributed by atoms with Crippen LogP contribution >= 0.6 is 0 Å². The van der Waals surface area contributed by atoms with Crippen LogP contribution in [0.4, 0.5) is 0 Å². The van der Waals surface area contributed by atoms with Crippen molar-refractivity contribution >= 4 is 5.78 Å². The molecule has 0 N–H and O–H groups in total. The van der Waals surface area contributed by atoms with Gasteiger partial charge in [0.1, 0.15) is 0 Å². The van der Waals surface area contributed by atoms with Gasteiger partial charge in [0.25, 0.3) is 0 Å². The van der Waals surface area contributed by atoms with E-state index in [0.29, 0.717) is 11.7 Å². The Labute approximate surface area is 86.7 Å². The second-order valence-electron chi connectivity index (χ2n) is 5.13. The molecular weight excluding hydrogens is 174 g/mol. The minimum absolute atomic E-state index is 0.0839. The fourth-order valence-electron chi connectivity index (χ4n) is 2.78. The molecule has 14 heavy (non-hydrogen) atoms. The molecule has 0 atom stereocenters. The van der Waals surface area contributed by atoms with Crippen molar-refractivity contribution in [3.63, 3.8) is 0 Å². The lowest BCUT2D eigenvalue weighted by Gasteiger charge is -2.41. The first kappa shape index (κ1) is 10.2. The van der Waals surface area contributed by atoms with E-state index in [-0.39, 0.29) is 5.54 Å². The topological polar surface area (TPSA) is 20.3 Å². The third-order valence-corrected chi connectivity index (χ3v) is 3.94. The summed E-state index contributed by atoms with van der Waals surface area (Å²) in [6, 6.07) is 0. The molecule has 2 nitrogen and oxygen atoms in total. The van der Waals surface area contributed by atoms with Crippen molar-refractivity contribution in [3.05, 3.63) is 0 Å². The first-order chi connectivity index (χ1) is 6.67. The summed E-state index contributed by atoms with van der Waals surface area (Å²) in [6.07, 6.45) is 8.26. The average Bonchev–Trinajstić information content (AvgIpc) is 3.01. The van der Waals surface area contributed by atoms with E-state index in [0.717, 1.165) is 25.7 Å². The molecular formula is C12H21NO. The minimum atomic E-state index is -0.0839. The molecule has 0 amide bonds.